The van der Waals surface area contributed by atoms with Crippen LogP contribution in [-0.2, 0) is 24.9 Å². The Hall–Kier alpha value is -2.21. The maximum Gasteiger partial charge on any atom is 0.223 e. The number of rotatable bonds is 4. The topological polar surface area (TPSA) is 54.3 Å². The molecule has 0 N–H and O–H groups in total. The maximum atomic E-state index is 12.6. The van der Waals surface area contributed by atoms with E-state index in [1.807, 2.05) is 30.2 Å². The van der Waals surface area contributed by atoms with Crippen LogP contribution in [0.4, 0.5) is 0 Å². The highest BCUT2D eigenvalue weighted by Crippen LogP contribution is 2.40. The van der Waals surface area contributed by atoms with E-state index in [1.54, 1.807) is 6.20 Å². The Kier molecular flexibility index (Phi) is 4.76. The Labute approximate surface area is 154 Å². The van der Waals surface area contributed by atoms with Crippen molar-refractivity contribution in [3.05, 3.63) is 48.0 Å². The van der Waals surface area contributed by atoms with E-state index in [1.165, 1.54) is 5.56 Å². The van der Waals surface area contributed by atoms with Crippen LogP contribution in [0, 0.1) is 0 Å². The van der Waals surface area contributed by atoms with Gasteiger partial charge in [0.2, 0.25) is 5.91 Å². The highest BCUT2D eigenvalue weighted by molar-refractivity contribution is 5.79. The number of amides is 1. The summed E-state index contributed by atoms with van der Waals surface area (Å²) < 4.78 is 1.86. The monoisotopic (exact) mass is 353 g/mol. The molecular weight excluding hydrogens is 326 g/mol. The average molecular weight is 353 g/mol. The molecule has 0 bridgehead atoms. The minimum absolute atomic E-state index is 0.0244. The zero-order valence-corrected chi connectivity index (χ0v) is 15.5. The van der Waals surface area contributed by atoms with Gasteiger partial charge in [0, 0.05) is 62.8 Å². The number of likely N-dealkylation sites (tertiary alicyclic amines) is 2. The lowest BCUT2D eigenvalue weighted by Crippen LogP contribution is -2.45. The van der Waals surface area contributed by atoms with Gasteiger partial charge in [-0.3, -0.25) is 19.4 Å². The summed E-state index contributed by atoms with van der Waals surface area (Å²) >= 11 is 0. The second kappa shape index (κ2) is 7.19. The summed E-state index contributed by atoms with van der Waals surface area (Å²) in [6, 6.07) is 4.02. The van der Waals surface area contributed by atoms with Crippen LogP contribution in [0.3, 0.4) is 0 Å². The first-order valence-electron chi connectivity index (χ1n) is 9.54. The Morgan fingerprint density at radius 3 is 2.81 bits per heavy atom. The third kappa shape index (κ3) is 3.51. The van der Waals surface area contributed by atoms with Crippen LogP contribution in [0.2, 0.25) is 0 Å². The van der Waals surface area contributed by atoms with Crippen LogP contribution in [0.15, 0.2) is 36.9 Å². The summed E-state index contributed by atoms with van der Waals surface area (Å²) in [6.45, 7) is 3.76. The quantitative estimate of drug-likeness (QED) is 0.847. The Balaban J connectivity index is 1.46. The molecule has 0 saturated carbocycles. The summed E-state index contributed by atoms with van der Waals surface area (Å²) in [5, 5.41) is 4.28. The fraction of sp³-hybridized carbons (Fsp3) is 0.550. The lowest BCUT2D eigenvalue weighted by molar-refractivity contribution is -0.132. The Bertz CT molecular complexity index is 759. The van der Waals surface area contributed by atoms with E-state index in [2.05, 4.69) is 32.1 Å². The first-order chi connectivity index (χ1) is 12.6. The van der Waals surface area contributed by atoms with Crippen molar-refractivity contribution in [1.82, 2.24) is 24.6 Å². The number of nitrogens with zero attached hydrogens (tertiary/aromatic N) is 5. The van der Waals surface area contributed by atoms with E-state index in [0.717, 1.165) is 50.9 Å². The van der Waals surface area contributed by atoms with Gasteiger partial charge in [0.25, 0.3) is 0 Å². The minimum atomic E-state index is 0.0244. The van der Waals surface area contributed by atoms with Crippen molar-refractivity contribution in [2.45, 2.75) is 50.7 Å². The number of aryl methyl sites for hydroxylation is 1. The third-order valence-electron chi connectivity index (χ3n) is 5.92. The van der Waals surface area contributed by atoms with E-state index in [0.29, 0.717) is 18.9 Å². The number of hydrogen-bond donors (Lipinski definition) is 0. The second-order valence-corrected chi connectivity index (χ2v) is 7.72. The molecule has 2 aromatic rings. The number of carbonyl (C=O) groups is 1. The number of hydrogen-bond acceptors (Lipinski definition) is 4. The van der Waals surface area contributed by atoms with E-state index in [-0.39, 0.29) is 5.54 Å². The van der Waals surface area contributed by atoms with Crippen LogP contribution in [0.1, 0.15) is 43.2 Å². The molecule has 0 radical (unpaired) electrons. The molecule has 4 heterocycles. The molecule has 26 heavy (non-hydrogen) atoms. The Morgan fingerprint density at radius 1 is 1.12 bits per heavy atom. The fourth-order valence-electron chi connectivity index (χ4n) is 4.53. The number of carbonyl (C=O) groups excluding carboxylic acids is 1. The van der Waals surface area contributed by atoms with Gasteiger partial charge in [-0.25, -0.2) is 0 Å². The van der Waals surface area contributed by atoms with Crippen molar-refractivity contribution in [3.8, 4) is 0 Å². The molecule has 6 heteroatoms. The summed E-state index contributed by atoms with van der Waals surface area (Å²) in [5.74, 6) is 0.301. The highest BCUT2D eigenvalue weighted by Gasteiger charge is 2.45. The van der Waals surface area contributed by atoms with Crippen molar-refractivity contribution < 1.29 is 4.79 Å². The van der Waals surface area contributed by atoms with Gasteiger partial charge in [0.05, 0.1) is 6.20 Å². The van der Waals surface area contributed by atoms with Crippen LogP contribution < -0.4 is 0 Å². The SMILES string of the molecule is Cn1cc(CN2CCC[C@]3(CCC(=O)N3Cc3cccnc3)CC2)cn1. The molecule has 2 aromatic heterocycles. The van der Waals surface area contributed by atoms with Gasteiger partial charge in [-0.1, -0.05) is 6.07 Å². The zero-order chi connectivity index (χ0) is 18.0. The molecule has 0 aliphatic carbocycles. The third-order valence-corrected chi connectivity index (χ3v) is 5.92. The first-order valence-corrected chi connectivity index (χ1v) is 9.54. The largest absolute Gasteiger partial charge is 0.333 e. The summed E-state index contributed by atoms with van der Waals surface area (Å²) in [4.78, 5) is 21.5. The molecule has 2 fully saturated rings. The molecule has 2 aliphatic rings. The van der Waals surface area contributed by atoms with Gasteiger partial charge in [0.1, 0.15) is 0 Å². The summed E-state index contributed by atoms with van der Waals surface area (Å²) in [7, 11) is 1.96. The van der Waals surface area contributed by atoms with E-state index in [9.17, 15) is 4.79 Å². The summed E-state index contributed by atoms with van der Waals surface area (Å²) in [6.07, 6.45) is 12.7. The van der Waals surface area contributed by atoms with Gasteiger partial charge >= 0.3 is 0 Å². The molecular formula is C20H27N5O. The van der Waals surface area contributed by atoms with Gasteiger partial charge < -0.3 is 4.90 Å². The lowest BCUT2D eigenvalue weighted by Gasteiger charge is -2.38. The van der Waals surface area contributed by atoms with Crippen molar-refractivity contribution in [3.63, 3.8) is 0 Å². The second-order valence-electron chi connectivity index (χ2n) is 7.72. The zero-order valence-electron chi connectivity index (χ0n) is 15.5. The normalized spacial score (nSPS) is 24.3. The number of pyridine rings is 1. The highest BCUT2D eigenvalue weighted by atomic mass is 16.2. The van der Waals surface area contributed by atoms with E-state index in [4.69, 9.17) is 0 Å². The molecule has 2 aliphatic heterocycles. The predicted molar refractivity (Wildman–Crippen MR) is 99.1 cm³/mol. The van der Waals surface area contributed by atoms with Gasteiger partial charge in [-0.05, 0) is 43.9 Å². The molecule has 2 saturated heterocycles. The molecule has 1 spiro atoms. The van der Waals surface area contributed by atoms with Gasteiger partial charge in [0.15, 0.2) is 0 Å². The van der Waals surface area contributed by atoms with Crippen LogP contribution >= 0.6 is 0 Å². The Morgan fingerprint density at radius 2 is 2.04 bits per heavy atom. The molecule has 1 amide bonds. The molecule has 6 nitrogen and oxygen atoms in total. The minimum Gasteiger partial charge on any atom is -0.333 e. The van der Waals surface area contributed by atoms with Crippen molar-refractivity contribution in [2.24, 2.45) is 7.05 Å². The predicted octanol–water partition coefficient (Wildman–Crippen LogP) is 2.36. The van der Waals surface area contributed by atoms with E-state index < -0.39 is 0 Å². The standard InChI is InChI=1S/C20H27N5O/c1-23-14-18(13-22-23)15-24-10-3-6-20(8-11-24)7-5-19(26)25(20)16-17-4-2-9-21-12-17/h2,4,9,12-14H,3,5-8,10-11,15-16H2,1H3/t20-/m0/s1. The molecule has 0 unspecified atom stereocenters. The van der Waals surface area contributed by atoms with E-state index >= 15 is 0 Å². The molecule has 138 valence electrons. The van der Waals surface area contributed by atoms with Crippen LogP contribution in [-0.4, -0.2) is 49.1 Å². The molecule has 4 rings (SSSR count). The van der Waals surface area contributed by atoms with Gasteiger partial charge in [-0.2, -0.15) is 5.10 Å². The molecule has 1 atom stereocenters. The van der Waals surface area contributed by atoms with Crippen LogP contribution in [0.5, 0.6) is 0 Å². The fourth-order valence-corrected chi connectivity index (χ4v) is 4.53. The van der Waals surface area contributed by atoms with Crippen molar-refractivity contribution >= 4 is 5.91 Å². The van der Waals surface area contributed by atoms with Crippen molar-refractivity contribution in [2.75, 3.05) is 13.1 Å². The maximum absolute atomic E-state index is 12.6. The summed E-state index contributed by atoms with van der Waals surface area (Å²) in [5.41, 5.74) is 2.41. The van der Waals surface area contributed by atoms with Gasteiger partial charge in [-0.15, -0.1) is 0 Å². The lowest BCUT2D eigenvalue weighted by atomic mass is 9.87. The average Bonchev–Trinajstić information content (AvgIpc) is 3.10. The van der Waals surface area contributed by atoms with Crippen molar-refractivity contribution in [1.29, 1.82) is 0 Å². The van der Waals surface area contributed by atoms with Crippen LogP contribution in [0.25, 0.3) is 0 Å². The smallest absolute Gasteiger partial charge is 0.223 e. The number of aromatic nitrogens is 3. The molecule has 0 aromatic carbocycles. The first kappa shape index (κ1) is 17.2.